The summed E-state index contributed by atoms with van der Waals surface area (Å²) in [6.45, 7) is 0. The predicted molar refractivity (Wildman–Crippen MR) is 108 cm³/mol. The Balaban J connectivity index is 2.19. The zero-order valence-corrected chi connectivity index (χ0v) is 15.5. The van der Waals surface area contributed by atoms with Gasteiger partial charge >= 0.3 is 7.82 Å². The zero-order chi connectivity index (χ0) is 19.7. The van der Waals surface area contributed by atoms with Crippen molar-refractivity contribution in [3.63, 3.8) is 0 Å². The molecule has 0 saturated carbocycles. The summed E-state index contributed by atoms with van der Waals surface area (Å²) in [5.41, 5.74) is 1.29. The molecule has 0 unspecified atom stereocenters. The van der Waals surface area contributed by atoms with Gasteiger partial charge in [0.1, 0.15) is 0 Å². The predicted octanol–water partition coefficient (Wildman–Crippen LogP) is 4.13. The van der Waals surface area contributed by atoms with Crippen LogP contribution in [0.25, 0.3) is 27.7 Å². The third-order valence-electron chi connectivity index (χ3n) is 4.32. The summed E-state index contributed by atoms with van der Waals surface area (Å²) in [7, 11) is -4.89. The lowest BCUT2D eigenvalue weighted by molar-refractivity contribution is 0.284. The first-order valence-corrected chi connectivity index (χ1v) is 10.0. The first-order valence-electron chi connectivity index (χ1n) is 8.49. The minimum absolute atomic E-state index is 0.0893. The topological polar surface area (TPSA) is 88.8 Å². The van der Waals surface area contributed by atoms with Crippen LogP contribution in [0, 0.1) is 0 Å². The smallest absolute Gasteiger partial charge is 0.403 e. The molecule has 0 atom stereocenters. The van der Waals surface area contributed by atoms with E-state index in [9.17, 15) is 19.1 Å². The lowest BCUT2D eigenvalue weighted by Crippen LogP contribution is -2.21. The van der Waals surface area contributed by atoms with Gasteiger partial charge in [0, 0.05) is 11.1 Å². The van der Waals surface area contributed by atoms with Crippen LogP contribution in [0.3, 0.4) is 0 Å². The van der Waals surface area contributed by atoms with E-state index in [0.29, 0.717) is 22.2 Å². The van der Waals surface area contributed by atoms with Crippen LogP contribution in [0.1, 0.15) is 0 Å². The van der Waals surface area contributed by atoms with E-state index in [-0.39, 0.29) is 11.3 Å². The highest BCUT2D eigenvalue weighted by molar-refractivity contribution is 7.46. The van der Waals surface area contributed by atoms with E-state index >= 15 is 0 Å². The van der Waals surface area contributed by atoms with Gasteiger partial charge in [0.2, 0.25) is 0 Å². The Hall–Kier alpha value is -3.18. The molecule has 0 aliphatic rings. The Morgan fingerprint density at radius 3 is 2.00 bits per heavy atom. The highest BCUT2D eigenvalue weighted by Gasteiger charge is 2.26. The number of rotatable bonds is 4. The second kappa shape index (κ2) is 7.09. The van der Waals surface area contributed by atoms with Crippen molar-refractivity contribution in [2.45, 2.75) is 0 Å². The summed E-state index contributed by atoms with van der Waals surface area (Å²) in [6.07, 6.45) is 0. The third-order valence-corrected chi connectivity index (χ3v) is 4.74. The molecule has 0 saturated heterocycles. The molecule has 3 aromatic carbocycles. The normalized spacial score (nSPS) is 11.5. The molecule has 0 aliphatic heterocycles. The van der Waals surface area contributed by atoms with E-state index in [1.54, 1.807) is 66.7 Å². The maximum absolute atomic E-state index is 13.5. The number of benzene rings is 3. The summed E-state index contributed by atoms with van der Waals surface area (Å²) in [4.78, 5) is 32.4. The number of aromatic nitrogens is 1. The molecule has 0 spiro atoms. The van der Waals surface area contributed by atoms with Gasteiger partial charge in [-0.3, -0.25) is 19.1 Å². The van der Waals surface area contributed by atoms with Gasteiger partial charge in [0.25, 0.3) is 5.56 Å². The molecular formula is C21H16NO5P. The number of hydrogen-bond acceptors (Lipinski definition) is 3. The van der Waals surface area contributed by atoms with Crippen LogP contribution >= 0.6 is 7.82 Å². The molecule has 4 rings (SSSR count). The maximum Gasteiger partial charge on any atom is 0.524 e. The van der Waals surface area contributed by atoms with Crippen molar-refractivity contribution in [3.05, 3.63) is 95.3 Å². The van der Waals surface area contributed by atoms with E-state index in [1.807, 2.05) is 18.2 Å². The Morgan fingerprint density at radius 1 is 0.786 bits per heavy atom. The molecule has 0 bridgehead atoms. The third kappa shape index (κ3) is 3.37. The number of fused-ring (bicyclic) bond motifs is 1. The van der Waals surface area contributed by atoms with Gasteiger partial charge in [-0.1, -0.05) is 60.7 Å². The Morgan fingerprint density at radius 2 is 1.36 bits per heavy atom. The molecule has 1 aromatic heterocycles. The van der Waals surface area contributed by atoms with Crippen molar-refractivity contribution in [2.75, 3.05) is 0 Å². The summed E-state index contributed by atoms with van der Waals surface area (Å²) < 4.78 is 18.2. The minimum Gasteiger partial charge on any atom is -0.403 e. The molecular weight excluding hydrogens is 377 g/mol. The van der Waals surface area contributed by atoms with E-state index in [2.05, 4.69) is 0 Å². The molecule has 7 heteroatoms. The van der Waals surface area contributed by atoms with E-state index < -0.39 is 13.4 Å². The van der Waals surface area contributed by atoms with Crippen LogP contribution in [-0.4, -0.2) is 14.4 Å². The van der Waals surface area contributed by atoms with E-state index in [1.165, 1.54) is 4.57 Å². The molecule has 0 amide bonds. The Kier molecular flexibility index (Phi) is 4.61. The van der Waals surface area contributed by atoms with Crippen LogP contribution in [-0.2, 0) is 4.57 Å². The summed E-state index contributed by atoms with van der Waals surface area (Å²) >= 11 is 0. The molecule has 2 N–H and O–H groups in total. The van der Waals surface area contributed by atoms with Crippen molar-refractivity contribution in [2.24, 2.45) is 0 Å². The van der Waals surface area contributed by atoms with Crippen molar-refractivity contribution in [1.29, 1.82) is 0 Å². The number of para-hydroxylation sites is 2. The standard InChI is InChI=1S/C21H16NO5P/c23-21-19(15-9-3-1-4-10-15)20(27-28(24,25)26)17-13-7-8-14-18(17)22(21)16-11-5-2-6-12-16/h1-14H,(H2,24,25,26). The zero-order valence-electron chi connectivity index (χ0n) is 14.6. The average molecular weight is 393 g/mol. The van der Waals surface area contributed by atoms with Gasteiger partial charge in [-0.05, 0) is 29.8 Å². The van der Waals surface area contributed by atoms with Crippen molar-refractivity contribution in [1.82, 2.24) is 4.57 Å². The number of hydrogen-bond donors (Lipinski definition) is 2. The molecule has 28 heavy (non-hydrogen) atoms. The Bertz CT molecular complexity index is 1250. The van der Waals surface area contributed by atoms with Crippen LogP contribution in [0.4, 0.5) is 0 Å². The monoisotopic (exact) mass is 393 g/mol. The second-order valence-electron chi connectivity index (χ2n) is 6.15. The van der Waals surface area contributed by atoms with Gasteiger partial charge in [-0.25, -0.2) is 4.57 Å². The first-order chi connectivity index (χ1) is 13.5. The molecule has 0 fully saturated rings. The largest absolute Gasteiger partial charge is 0.524 e. The lowest BCUT2D eigenvalue weighted by Gasteiger charge is -2.18. The fourth-order valence-electron chi connectivity index (χ4n) is 3.22. The van der Waals surface area contributed by atoms with Gasteiger partial charge in [0.05, 0.1) is 11.1 Å². The number of phosphoric acid groups is 1. The SMILES string of the molecule is O=c1c(-c2ccccc2)c(OP(=O)(O)O)c2ccccc2n1-c1ccccc1. The van der Waals surface area contributed by atoms with Gasteiger partial charge in [-0.15, -0.1) is 0 Å². The van der Waals surface area contributed by atoms with Gasteiger partial charge < -0.3 is 4.52 Å². The second-order valence-corrected chi connectivity index (χ2v) is 7.31. The fraction of sp³-hybridized carbons (Fsp3) is 0. The number of nitrogens with zero attached hydrogens (tertiary/aromatic N) is 1. The van der Waals surface area contributed by atoms with Gasteiger partial charge in [0.15, 0.2) is 5.75 Å². The summed E-state index contributed by atoms with van der Waals surface area (Å²) in [6, 6.07) is 24.6. The molecule has 4 aromatic rings. The quantitative estimate of drug-likeness (QED) is 0.509. The Labute approximate surface area is 160 Å². The van der Waals surface area contributed by atoms with Crippen LogP contribution < -0.4 is 10.1 Å². The number of pyridine rings is 1. The first kappa shape index (κ1) is 18.2. The van der Waals surface area contributed by atoms with E-state index in [4.69, 9.17) is 4.52 Å². The van der Waals surface area contributed by atoms with Crippen molar-refractivity contribution < 1.29 is 18.9 Å². The molecule has 140 valence electrons. The van der Waals surface area contributed by atoms with Crippen LogP contribution in [0.5, 0.6) is 5.75 Å². The van der Waals surface area contributed by atoms with E-state index in [0.717, 1.165) is 0 Å². The minimum atomic E-state index is -4.89. The summed E-state index contributed by atoms with van der Waals surface area (Å²) in [5, 5.41) is 0.424. The molecule has 0 radical (unpaired) electrons. The average Bonchev–Trinajstić information content (AvgIpc) is 2.68. The number of phosphoric ester groups is 1. The van der Waals surface area contributed by atoms with Crippen molar-refractivity contribution in [3.8, 4) is 22.6 Å². The lowest BCUT2D eigenvalue weighted by atomic mass is 10.0. The highest BCUT2D eigenvalue weighted by atomic mass is 31.2. The van der Waals surface area contributed by atoms with Gasteiger partial charge in [-0.2, -0.15) is 0 Å². The highest BCUT2D eigenvalue weighted by Crippen LogP contribution is 2.44. The van der Waals surface area contributed by atoms with Crippen LogP contribution in [0.15, 0.2) is 89.7 Å². The maximum atomic E-state index is 13.5. The van der Waals surface area contributed by atoms with Crippen molar-refractivity contribution >= 4 is 18.7 Å². The molecule has 6 nitrogen and oxygen atoms in total. The fourth-order valence-corrected chi connectivity index (χ4v) is 3.65. The molecule has 1 heterocycles. The molecule has 0 aliphatic carbocycles. The van der Waals surface area contributed by atoms with Crippen LogP contribution in [0.2, 0.25) is 0 Å². The summed E-state index contributed by atoms with van der Waals surface area (Å²) in [5.74, 6) is -0.132.